The average Bonchev–Trinajstić information content (AvgIpc) is 3.76. The van der Waals surface area contributed by atoms with Gasteiger partial charge in [-0.2, -0.15) is 0 Å². The molecule has 1 aromatic heterocycles. The van der Waals surface area contributed by atoms with E-state index in [-0.39, 0.29) is 23.8 Å². The first kappa shape index (κ1) is 25.9. The lowest BCUT2D eigenvalue weighted by Crippen LogP contribution is -2.36. The lowest BCUT2D eigenvalue weighted by molar-refractivity contribution is -0.147. The number of pyridine rings is 1. The van der Waals surface area contributed by atoms with Gasteiger partial charge in [-0.1, -0.05) is 32.0 Å². The van der Waals surface area contributed by atoms with Gasteiger partial charge >= 0.3 is 5.97 Å². The molecule has 200 valence electrons. The van der Waals surface area contributed by atoms with Crippen LogP contribution >= 0.6 is 0 Å². The molecule has 2 aromatic carbocycles. The van der Waals surface area contributed by atoms with Crippen molar-refractivity contribution in [2.75, 3.05) is 6.61 Å². The molecule has 3 aromatic rings. The molecule has 1 heterocycles. The Balaban J connectivity index is 1.60. The highest BCUT2D eigenvalue weighted by Crippen LogP contribution is 2.32. The van der Waals surface area contributed by atoms with Crippen LogP contribution in [0.3, 0.4) is 0 Å². The molecule has 1 aliphatic carbocycles. The number of benzene rings is 2. The summed E-state index contributed by atoms with van der Waals surface area (Å²) >= 11 is 0. The van der Waals surface area contributed by atoms with Crippen LogP contribution in [0.5, 0.6) is 5.75 Å². The Morgan fingerprint density at radius 3 is 2.71 bits per heavy atom. The SMILES string of the molecule is [2H]C(OC(=O)[C@@H](N)C(C)C)c1cccnc1-c1ccc(OCC2CC2)c(C(=O)NCc2ccc(C)c(F)c2)c1. The summed E-state index contributed by atoms with van der Waals surface area (Å²) in [5.41, 5.74) is 8.65. The van der Waals surface area contributed by atoms with E-state index in [9.17, 15) is 14.0 Å². The first-order valence-corrected chi connectivity index (χ1v) is 12.8. The van der Waals surface area contributed by atoms with Crippen LogP contribution < -0.4 is 15.8 Å². The molecule has 1 fully saturated rings. The predicted octanol–water partition coefficient (Wildman–Crippen LogP) is 4.94. The second-order valence-corrected chi connectivity index (χ2v) is 10.00. The Hall–Kier alpha value is -3.78. The first-order valence-electron chi connectivity index (χ1n) is 13.4. The number of hydrogen-bond donors (Lipinski definition) is 2. The summed E-state index contributed by atoms with van der Waals surface area (Å²) in [7, 11) is 0. The topological polar surface area (TPSA) is 104 Å². The molecular weight excluding hydrogens is 485 g/mol. The number of nitrogens with one attached hydrogen (secondary N) is 1. The maximum Gasteiger partial charge on any atom is 0.323 e. The normalized spacial score (nSPS) is 14.9. The highest BCUT2D eigenvalue weighted by Gasteiger charge is 2.24. The van der Waals surface area contributed by atoms with Crippen LogP contribution in [0.2, 0.25) is 0 Å². The van der Waals surface area contributed by atoms with Crippen molar-refractivity contribution in [3.05, 3.63) is 82.8 Å². The standard InChI is InChI=1S/C30H34FN3O4/c1-18(2)27(32)30(36)38-17-23-5-4-12-33-28(23)22-10-11-26(37-16-20-8-9-20)24(14-22)29(35)34-15-21-7-6-19(3)25(31)13-21/h4-7,10-14,18,20,27H,8-9,15-17,32H2,1-3H3,(H,34,35)/t27-/m0/s1/i17D/t17?,27-. The van der Waals surface area contributed by atoms with Gasteiger partial charge in [-0.15, -0.1) is 0 Å². The fourth-order valence-corrected chi connectivity index (χ4v) is 3.72. The molecule has 0 radical (unpaired) electrons. The first-order chi connectivity index (χ1) is 18.6. The molecule has 2 atom stereocenters. The highest BCUT2D eigenvalue weighted by atomic mass is 19.1. The van der Waals surface area contributed by atoms with Crippen molar-refractivity contribution in [1.82, 2.24) is 10.3 Å². The maximum absolute atomic E-state index is 14.0. The van der Waals surface area contributed by atoms with E-state index < -0.39 is 24.5 Å². The lowest BCUT2D eigenvalue weighted by Gasteiger charge is -2.16. The molecule has 0 spiro atoms. The van der Waals surface area contributed by atoms with Gasteiger partial charge in [-0.3, -0.25) is 14.6 Å². The minimum absolute atomic E-state index is 0.137. The van der Waals surface area contributed by atoms with Gasteiger partial charge in [0, 0.05) is 23.9 Å². The number of hydrogen-bond acceptors (Lipinski definition) is 6. The van der Waals surface area contributed by atoms with Gasteiger partial charge in [-0.25, -0.2) is 4.39 Å². The Morgan fingerprint density at radius 1 is 1.21 bits per heavy atom. The molecule has 1 amide bonds. The number of nitrogens with zero attached hydrogens (tertiary/aromatic N) is 1. The van der Waals surface area contributed by atoms with Gasteiger partial charge in [0.15, 0.2) is 0 Å². The number of halogens is 1. The molecule has 7 nitrogen and oxygen atoms in total. The second kappa shape index (κ2) is 12.2. The molecule has 1 saturated carbocycles. The lowest BCUT2D eigenvalue weighted by atomic mass is 10.0. The smallest absolute Gasteiger partial charge is 0.323 e. The van der Waals surface area contributed by atoms with E-state index >= 15 is 0 Å². The third kappa shape index (κ3) is 6.95. The molecule has 0 aliphatic heterocycles. The number of amides is 1. The van der Waals surface area contributed by atoms with Gasteiger partial charge in [0.25, 0.3) is 5.91 Å². The number of carbonyl (C=O) groups is 2. The Bertz CT molecular complexity index is 1350. The fourth-order valence-electron chi connectivity index (χ4n) is 3.72. The second-order valence-electron chi connectivity index (χ2n) is 10.00. The van der Waals surface area contributed by atoms with Crippen LogP contribution in [0, 0.1) is 24.6 Å². The number of nitrogens with two attached hydrogens (primary N) is 1. The van der Waals surface area contributed by atoms with Crippen LogP contribution in [0.4, 0.5) is 4.39 Å². The largest absolute Gasteiger partial charge is 0.492 e. The van der Waals surface area contributed by atoms with Crippen molar-refractivity contribution in [1.29, 1.82) is 0 Å². The Kier molecular flexibility index (Phi) is 8.28. The van der Waals surface area contributed by atoms with Crippen LogP contribution in [0.25, 0.3) is 11.3 Å². The number of carbonyl (C=O) groups excluding carboxylic acids is 2. The maximum atomic E-state index is 14.0. The van der Waals surface area contributed by atoms with Crippen molar-refractivity contribution in [3.8, 4) is 17.0 Å². The number of esters is 1. The Morgan fingerprint density at radius 2 is 2.00 bits per heavy atom. The summed E-state index contributed by atoms with van der Waals surface area (Å²) in [6, 6.07) is 12.4. The zero-order valence-electron chi connectivity index (χ0n) is 22.9. The van der Waals surface area contributed by atoms with E-state index in [1.54, 1.807) is 69.4 Å². The summed E-state index contributed by atoms with van der Waals surface area (Å²) in [5, 5.41) is 2.84. The number of rotatable bonds is 11. The number of ether oxygens (including phenoxy) is 2. The van der Waals surface area contributed by atoms with Crippen LogP contribution in [-0.4, -0.2) is 29.5 Å². The molecular formula is C30H34FN3O4. The summed E-state index contributed by atoms with van der Waals surface area (Å²) in [6.45, 7) is 4.57. The van der Waals surface area contributed by atoms with Crippen molar-refractivity contribution in [2.45, 2.75) is 52.8 Å². The monoisotopic (exact) mass is 520 g/mol. The van der Waals surface area contributed by atoms with E-state index in [1.807, 2.05) is 0 Å². The third-order valence-electron chi connectivity index (χ3n) is 6.49. The van der Waals surface area contributed by atoms with Crippen LogP contribution in [0.15, 0.2) is 54.7 Å². The zero-order chi connectivity index (χ0) is 28.1. The molecule has 1 aliphatic rings. The quantitative estimate of drug-likeness (QED) is 0.347. The van der Waals surface area contributed by atoms with Crippen molar-refractivity contribution in [3.63, 3.8) is 0 Å². The van der Waals surface area contributed by atoms with Gasteiger partial charge in [-0.05, 0) is 73.1 Å². The van der Waals surface area contributed by atoms with Crippen molar-refractivity contribution < 1.29 is 24.8 Å². The highest BCUT2D eigenvalue weighted by molar-refractivity contribution is 5.98. The molecule has 38 heavy (non-hydrogen) atoms. The average molecular weight is 521 g/mol. The fraction of sp³-hybridized carbons (Fsp3) is 0.367. The number of aryl methyl sites for hydroxylation is 1. The molecule has 0 bridgehead atoms. The van der Waals surface area contributed by atoms with Gasteiger partial charge in [0.1, 0.15) is 24.2 Å². The summed E-state index contributed by atoms with van der Waals surface area (Å²) in [4.78, 5) is 30.1. The van der Waals surface area contributed by atoms with E-state index in [1.165, 1.54) is 6.07 Å². The van der Waals surface area contributed by atoms with Gasteiger partial charge < -0.3 is 20.5 Å². The third-order valence-corrected chi connectivity index (χ3v) is 6.49. The van der Waals surface area contributed by atoms with Crippen molar-refractivity contribution in [2.24, 2.45) is 17.6 Å². The van der Waals surface area contributed by atoms with Crippen molar-refractivity contribution >= 4 is 11.9 Å². The molecule has 8 heteroatoms. The van der Waals surface area contributed by atoms with Gasteiger partial charge in [0.2, 0.25) is 0 Å². The summed E-state index contributed by atoms with van der Waals surface area (Å²) < 4.78 is 33.8. The minimum Gasteiger partial charge on any atom is -0.492 e. The number of aromatic nitrogens is 1. The minimum atomic E-state index is -1.36. The summed E-state index contributed by atoms with van der Waals surface area (Å²) in [6.07, 6.45) is 3.76. The van der Waals surface area contributed by atoms with Gasteiger partial charge in [0.05, 0.1) is 19.2 Å². The molecule has 0 saturated heterocycles. The molecule has 1 unspecified atom stereocenters. The van der Waals surface area contributed by atoms with E-state index in [0.29, 0.717) is 46.2 Å². The van der Waals surface area contributed by atoms with Crippen LogP contribution in [0.1, 0.15) is 55.1 Å². The Labute approximate surface area is 224 Å². The van der Waals surface area contributed by atoms with Crippen LogP contribution in [-0.2, 0) is 22.7 Å². The van der Waals surface area contributed by atoms with E-state index in [2.05, 4.69) is 10.3 Å². The predicted molar refractivity (Wildman–Crippen MR) is 143 cm³/mol. The zero-order valence-corrected chi connectivity index (χ0v) is 21.9. The van der Waals surface area contributed by atoms with E-state index in [4.69, 9.17) is 16.6 Å². The van der Waals surface area contributed by atoms with E-state index in [0.717, 1.165) is 12.8 Å². The summed E-state index contributed by atoms with van der Waals surface area (Å²) in [5.74, 6) is -0.630. The molecule has 3 N–H and O–H groups in total. The molecule has 4 rings (SSSR count).